The third-order valence-electron chi connectivity index (χ3n) is 3.68. The Morgan fingerprint density at radius 2 is 2.09 bits per heavy atom. The molecule has 1 aromatic carbocycles. The first kappa shape index (κ1) is 15.9. The summed E-state index contributed by atoms with van der Waals surface area (Å²) in [6.45, 7) is 1.73. The monoisotopic (exact) mass is 392 g/mol. The number of halogens is 1. The minimum absolute atomic E-state index is 0.316. The van der Waals surface area contributed by atoms with Crippen molar-refractivity contribution in [2.24, 2.45) is 0 Å². The standard InChI is InChI=1S/C16H13BrN2O3S/c1-2-12(16(21)22)19-8-18-14-13(15(19)20)11(7-23-14)9-3-5-10(17)6-4-9/h3-8,12H,2H2,1H3,(H,21,22)/t12-/m0/s1. The minimum Gasteiger partial charge on any atom is -0.480 e. The zero-order valence-electron chi connectivity index (χ0n) is 12.2. The molecule has 0 unspecified atom stereocenters. The summed E-state index contributed by atoms with van der Waals surface area (Å²) in [5.74, 6) is -1.03. The molecule has 3 aromatic rings. The molecule has 5 nitrogen and oxygen atoms in total. The molecule has 7 heteroatoms. The molecule has 0 bridgehead atoms. The first-order valence-corrected chi connectivity index (χ1v) is 8.67. The molecule has 2 heterocycles. The first-order chi connectivity index (χ1) is 11.0. The Bertz CT molecular complexity index is 931. The quantitative estimate of drug-likeness (QED) is 0.729. The molecule has 0 saturated carbocycles. The number of hydrogen-bond donors (Lipinski definition) is 1. The highest BCUT2D eigenvalue weighted by Gasteiger charge is 2.21. The Morgan fingerprint density at radius 3 is 2.70 bits per heavy atom. The number of rotatable bonds is 4. The van der Waals surface area contributed by atoms with Gasteiger partial charge in [-0.15, -0.1) is 11.3 Å². The Hall–Kier alpha value is -1.99. The molecule has 23 heavy (non-hydrogen) atoms. The lowest BCUT2D eigenvalue weighted by Crippen LogP contribution is -2.29. The second-order valence-electron chi connectivity index (χ2n) is 5.06. The molecular weight excluding hydrogens is 380 g/mol. The first-order valence-electron chi connectivity index (χ1n) is 7.00. The zero-order chi connectivity index (χ0) is 16.6. The van der Waals surface area contributed by atoms with Crippen LogP contribution in [-0.2, 0) is 4.79 Å². The van der Waals surface area contributed by atoms with Crippen LogP contribution in [0.3, 0.4) is 0 Å². The van der Waals surface area contributed by atoms with E-state index >= 15 is 0 Å². The second-order valence-corrected chi connectivity index (χ2v) is 6.83. The fraction of sp³-hybridized carbons (Fsp3) is 0.188. The SMILES string of the molecule is CC[C@@H](C(=O)O)n1cnc2scc(-c3ccc(Br)cc3)c2c1=O. The molecule has 2 aromatic heterocycles. The number of benzene rings is 1. The number of nitrogens with zero attached hydrogens (tertiary/aromatic N) is 2. The maximum Gasteiger partial charge on any atom is 0.326 e. The van der Waals surface area contributed by atoms with Gasteiger partial charge in [0.25, 0.3) is 5.56 Å². The number of hydrogen-bond acceptors (Lipinski definition) is 4. The maximum atomic E-state index is 12.8. The van der Waals surface area contributed by atoms with Gasteiger partial charge < -0.3 is 5.11 Å². The average molecular weight is 393 g/mol. The number of aromatic nitrogens is 2. The van der Waals surface area contributed by atoms with E-state index in [0.29, 0.717) is 16.6 Å². The van der Waals surface area contributed by atoms with Crippen molar-refractivity contribution >= 4 is 43.5 Å². The van der Waals surface area contributed by atoms with Gasteiger partial charge in [0.05, 0.1) is 11.7 Å². The fourth-order valence-electron chi connectivity index (χ4n) is 2.50. The number of thiophene rings is 1. The van der Waals surface area contributed by atoms with Crippen molar-refractivity contribution in [3.8, 4) is 11.1 Å². The van der Waals surface area contributed by atoms with Gasteiger partial charge in [0.15, 0.2) is 0 Å². The van der Waals surface area contributed by atoms with Crippen molar-refractivity contribution in [3.05, 3.63) is 50.8 Å². The molecule has 0 aliphatic heterocycles. The van der Waals surface area contributed by atoms with E-state index in [0.717, 1.165) is 15.6 Å². The number of aliphatic carboxylic acids is 1. The lowest BCUT2D eigenvalue weighted by atomic mass is 10.1. The number of carbonyl (C=O) groups is 1. The van der Waals surface area contributed by atoms with Crippen molar-refractivity contribution in [1.82, 2.24) is 9.55 Å². The van der Waals surface area contributed by atoms with Crippen molar-refractivity contribution < 1.29 is 9.90 Å². The van der Waals surface area contributed by atoms with E-state index in [-0.39, 0.29) is 5.56 Å². The van der Waals surface area contributed by atoms with Crippen molar-refractivity contribution in [3.63, 3.8) is 0 Å². The van der Waals surface area contributed by atoms with Gasteiger partial charge >= 0.3 is 5.97 Å². The second kappa shape index (κ2) is 6.25. The van der Waals surface area contributed by atoms with Gasteiger partial charge in [0.1, 0.15) is 10.9 Å². The summed E-state index contributed by atoms with van der Waals surface area (Å²) < 4.78 is 2.16. The maximum absolute atomic E-state index is 12.8. The topological polar surface area (TPSA) is 72.2 Å². The molecule has 0 amide bonds. The summed E-state index contributed by atoms with van der Waals surface area (Å²) in [5, 5.41) is 11.7. The molecule has 0 saturated heterocycles. The van der Waals surface area contributed by atoms with Crippen LogP contribution in [0.1, 0.15) is 19.4 Å². The molecule has 0 fully saturated rings. The van der Waals surface area contributed by atoms with E-state index in [1.807, 2.05) is 29.6 Å². The predicted molar refractivity (Wildman–Crippen MR) is 94.0 cm³/mol. The van der Waals surface area contributed by atoms with Gasteiger partial charge in [0, 0.05) is 15.4 Å². The summed E-state index contributed by atoms with van der Waals surface area (Å²) in [6.07, 6.45) is 1.65. The molecule has 3 rings (SSSR count). The molecule has 0 radical (unpaired) electrons. The van der Waals surface area contributed by atoms with Crippen LogP contribution >= 0.6 is 27.3 Å². The number of fused-ring (bicyclic) bond motifs is 1. The number of carboxylic acids is 1. The zero-order valence-corrected chi connectivity index (χ0v) is 14.6. The van der Waals surface area contributed by atoms with E-state index in [1.54, 1.807) is 6.92 Å². The number of carboxylic acid groups (broad SMARTS) is 1. The Morgan fingerprint density at radius 1 is 1.39 bits per heavy atom. The summed E-state index contributed by atoms with van der Waals surface area (Å²) in [4.78, 5) is 29.1. The molecule has 1 N–H and O–H groups in total. The smallest absolute Gasteiger partial charge is 0.326 e. The van der Waals surface area contributed by atoms with E-state index in [4.69, 9.17) is 0 Å². The van der Waals surface area contributed by atoms with E-state index < -0.39 is 12.0 Å². The van der Waals surface area contributed by atoms with Crippen LogP contribution in [0, 0.1) is 0 Å². The highest BCUT2D eigenvalue weighted by atomic mass is 79.9. The summed E-state index contributed by atoms with van der Waals surface area (Å²) in [6, 6.07) is 6.73. The van der Waals surface area contributed by atoms with Gasteiger partial charge in [0.2, 0.25) is 0 Å². The third-order valence-corrected chi connectivity index (χ3v) is 5.10. The van der Waals surface area contributed by atoms with Gasteiger partial charge in [-0.25, -0.2) is 9.78 Å². The average Bonchev–Trinajstić information content (AvgIpc) is 2.95. The van der Waals surface area contributed by atoms with Crippen LogP contribution < -0.4 is 5.56 Å². The lowest BCUT2D eigenvalue weighted by Gasteiger charge is -2.13. The van der Waals surface area contributed by atoms with Crippen LogP contribution in [0.25, 0.3) is 21.3 Å². The summed E-state index contributed by atoms with van der Waals surface area (Å²) >= 11 is 4.77. The van der Waals surface area contributed by atoms with Crippen LogP contribution in [0.4, 0.5) is 0 Å². The highest BCUT2D eigenvalue weighted by Crippen LogP contribution is 2.31. The molecule has 118 valence electrons. The van der Waals surface area contributed by atoms with Gasteiger partial charge in [-0.1, -0.05) is 35.0 Å². The molecule has 1 atom stereocenters. The van der Waals surface area contributed by atoms with Crippen molar-refractivity contribution in [1.29, 1.82) is 0 Å². The summed E-state index contributed by atoms with van der Waals surface area (Å²) in [7, 11) is 0. The predicted octanol–water partition coefficient (Wildman–Crippen LogP) is 3.92. The fourth-order valence-corrected chi connectivity index (χ4v) is 3.67. The minimum atomic E-state index is -1.03. The van der Waals surface area contributed by atoms with Crippen molar-refractivity contribution in [2.75, 3.05) is 0 Å². The Kier molecular flexibility index (Phi) is 4.32. The summed E-state index contributed by atoms with van der Waals surface area (Å²) in [5.41, 5.74) is 1.37. The Labute approximate surface area is 144 Å². The van der Waals surface area contributed by atoms with Crippen LogP contribution in [0.2, 0.25) is 0 Å². The molecule has 0 aliphatic carbocycles. The van der Waals surface area contributed by atoms with Gasteiger partial charge in [-0.2, -0.15) is 0 Å². The van der Waals surface area contributed by atoms with Crippen LogP contribution in [0.5, 0.6) is 0 Å². The largest absolute Gasteiger partial charge is 0.480 e. The third kappa shape index (κ3) is 2.82. The normalized spacial score (nSPS) is 12.4. The van der Waals surface area contributed by atoms with Gasteiger partial charge in [-0.05, 0) is 24.1 Å². The van der Waals surface area contributed by atoms with Crippen LogP contribution in [-0.4, -0.2) is 20.6 Å². The van der Waals surface area contributed by atoms with E-state index in [9.17, 15) is 14.7 Å². The Balaban J connectivity index is 2.24. The molecule has 0 aliphatic rings. The van der Waals surface area contributed by atoms with E-state index in [2.05, 4.69) is 20.9 Å². The lowest BCUT2D eigenvalue weighted by molar-refractivity contribution is -0.141. The molecule has 0 spiro atoms. The van der Waals surface area contributed by atoms with Gasteiger partial charge in [-0.3, -0.25) is 9.36 Å². The van der Waals surface area contributed by atoms with Crippen molar-refractivity contribution in [2.45, 2.75) is 19.4 Å². The van der Waals surface area contributed by atoms with E-state index in [1.165, 1.54) is 22.2 Å². The highest BCUT2D eigenvalue weighted by molar-refractivity contribution is 9.10. The molecular formula is C16H13BrN2O3S. The van der Waals surface area contributed by atoms with Crippen LogP contribution in [0.15, 0.2) is 45.2 Å².